The molecular weight excluding hydrogens is 425 g/mol. The first kappa shape index (κ1) is 20.2. The normalized spacial score (nSPS) is 11.3. The maximum atomic E-state index is 12.5. The number of rotatable bonds is 5. The highest BCUT2D eigenvalue weighted by Gasteiger charge is 2.19. The second-order valence-electron chi connectivity index (χ2n) is 5.93. The van der Waals surface area contributed by atoms with E-state index in [1.54, 1.807) is 19.9 Å². The van der Waals surface area contributed by atoms with Crippen molar-refractivity contribution in [3.8, 4) is 0 Å². The lowest BCUT2D eigenvalue weighted by atomic mass is 10.2. The summed E-state index contributed by atoms with van der Waals surface area (Å²) in [5.74, 6) is -0.379. The molecular formula is C18H15Cl2N3O4S. The van der Waals surface area contributed by atoms with Gasteiger partial charge in [0.05, 0.1) is 21.2 Å². The lowest BCUT2D eigenvalue weighted by Crippen LogP contribution is -2.14. The molecule has 0 aliphatic rings. The van der Waals surface area contributed by atoms with Crippen molar-refractivity contribution in [2.24, 2.45) is 0 Å². The number of carbonyl (C=O) groups is 1. The Balaban J connectivity index is 1.75. The molecule has 0 unspecified atom stereocenters. The fourth-order valence-corrected chi connectivity index (χ4v) is 3.82. The molecule has 28 heavy (non-hydrogen) atoms. The summed E-state index contributed by atoms with van der Waals surface area (Å²) in [6.07, 6.45) is 0. The molecule has 7 nitrogen and oxygen atoms in total. The number of hydrogen-bond acceptors (Lipinski definition) is 5. The molecule has 1 aromatic heterocycles. The van der Waals surface area contributed by atoms with E-state index in [0.717, 1.165) is 0 Å². The predicted octanol–water partition coefficient (Wildman–Crippen LogP) is 4.65. The fourth-order valence-electron chi connectivity index (χ4n) is 2.28. The van der Waals surface area contributed by atoms with Crippen molar-refractivity contribution in [2.45, 2.75) is 18.7 Å². The Hall–Kier alpha value is -2.55. The van der Waals surface area contributed by atoms with E-state index >= 15 is 0 Å². The van der Waals surface area contributed by atoms with Crippen LogP contribution in [0.4, 0.5) is 11.6 Å². The lowest BCUT2D eigenvalue weighted by molar-refractivity contribution is 0.102. The van der Waals surface area contributed by atoms with Crippen molar-refractivity contribution in [3.05, 3.63) is 69.3 Å². The topological polar surface area (TPSA) is 101 Å². The summed E-state index contributed by atoms with van der Waals surface area (Å²) in [5, 5.41) is 6.99. The smallest absolute Gasteiger partial charge is 0.264 e. The third-order valence-electron chi connectivity index (χ3n) is 3.98. The van der Waals surface area contributed by atoms with Gasteiger partial charge in [-0.15, -0.1) is 0 Å². The molecule has 0 spiro atoms. The zero-order valence-corrected chi connectivity index (χ0v) is 17.1. The van der Waals surface area contributed by atoms with Crippen LogP contribution in [0.2, 0.25) is 10.0 Å². The molecule has 2 N–H and O–H groups in total. The van der Waals surface area contributed by atoms with Crippen LogP contribution in [-0.4, -0.2) is 19.5 Å². The van der Waals surface area contributed by atoms with Gasteiger partial charge in [0.2, 0.25) is 5.88 Å². The molecule has 0 fully saturated rings. The first-order chi connectivity index (χ1) is 13.2. The highest BCUT2D eigenvalue weighted by Crippen LogP contribution is 2.24. The standard InChI is InChI=1S/C18H15Cl2N3O4S/c1-10-11(2)22-27-18(10)23-28(25,26)14-6-4-13(5-7-14)21-17(24)15-8-3-12(19)9-16(15)20/h3-9,23H,1-2H3,(H,21,24). The van der Waals surface area contributed by atoms with Crippen LogP contribution >= 0.6 is 23.2 Å². The van der Waals surface area contributed by atoms with E-state index in [4.69, 9.17) is 27.7 Å². The Kier molecular flexibility index (Phi) is 5.64. The minimum absolute atomic E-state index is 0.00322. The van der Waals surface area contributed by atoms with Gasteiger partial charge in [0.25, 0.3) is 15.9 Å². The summed E-state index contributed by atoms with van der Waals surface area (Å²) in [5.41, 5.74) is 1.85. The highest BCUT2D eigenvalue weighted by molar-refractivity contribution is 7.92. The van der Waals surface area contributed by atoms with E-state index < -0.39 is 15.9 Å². The van der Waals surface area contributed by atoms with Gasteiger partial charge >= 0.3 is 0 Å². The van der Waals surface area contributed by atoms with Crippen LogP contribution < -0.4 is 10.0 Å². The molecule has 1 amide bonds. The maximum absolute atomic E-state index is 12.5. The number of carbonyl (C=O) groups excluding carboxylic acids is 1. The second-order valence-corrected chi connectivity index (χ2v) is 8.46. The lowest BCUT2D eigenvalue weighted by Gasteiger charge is -2.09. The van der Waals surface area contributed by atoms with E-state index in [0.29, 0.717) is 22.0 Å². The Morgan fingerprint density at radius 3 is 2.32 bits per heavy atom. The van der Waals surface area contributed by atoms with Crippen LogP contribution in [0, 0.1) is 13.8 Å². The number of benzene rings is 2. The Morgan fingerprint density at radius 2 is 1.75 bits per heavy atom. The van der Waals surface area contributed by atoms with Crippen LogP contribution in [0.1, 0.15) is 21.6 Å². The van der Waals surface area contributed by atoms with Crippen molar-refractivity contribution < 1.29 is 17.7 Å². The molecule has 3 aromatic rings. The third-order valence-corrected chi connectivity index (χ3v) is 5.88. The molecule has 0 radical (unpaired) electrons. The van der Waals surface area contributed by atoms with Crippen molar-refractivity contribution in [1.29, 1.82) is 0 Å². The number of amides is 1. The van der Waals surface area contributed by atoms with Gasteiger partial charge in [-0.25, -0.2) is 13.1 Å². The van der Waals surface area contributed by atoms with Gasteiger partial charge in [0, 0.05) is 16.3 Å². The summed E-state index contributed by atoms with van der Waals surface area (Å²) < 4.78 is 32.3. The molecule has 0 bridgehead atoms. The number of nitrogens with one attached hydrogen (secondary N) is 2. The SMILES string of the molecule is Cc1noc(NS(=O)(=O)c2ccc(NC(=O)c3ccc(Cl)cc3Cl)cc2)c1C. The highest BCUT2D eigenvalue weighted by atomic mass is 35.5. The van der Waals surface area contributed by atoms with Crippen molar-refractivity contribution in [3.63, 3.8) is 0 Å². The fraction of sp³-hybridized carbons (Fsp3) is 0.111. The number of anilines is 2. The first-order valence-corrected chi connectivity index (χ1v) is 10.2. The Bertz CT molecular complexity index is 1140. The largest absolute Gasteiger partial charge is 0.337 e. The Labute approximate surface area is 171 Å². The molecule has 3 rings (SSSR count). The molecule has 146 valence electrons. The zero-order valence-electron chi connectivity index (χ0n) is 14.8. The van der Waals surface area contributed by atoms with E-state index in [-0.39, 0.29) is 21.4 Å². The van der Waals surface area contributed by atoms with E-state index in [1.807, 2.05) is 0 Å². The van der Waals surface area contributed by atoms with Crippen LogP contribution in [0.25, 0.3) is 0 Å². The number of hydrogen-bond donors (Lipinski definition) is 2. The molecule has 0 atom stereocenters. The van der Waals surface area contributed by atoms with Crippen LogP contribution in [-0.2, 0) is 10.0 Å². The van der Waals surface area contributed by atoms with E-state index in [9.17, 15) is 13.2 Å². The molecule has 2 aromatic carbocycles. The summed E-state index contributed by atoms with van der Waals surface area (Å²) in [4.78, 5) is 12.3. The van der Waals surface area contributed by atoms with E-state index in [1.165, 1.54) is 36.4 Å². The third kappa shape index (κ3) is 4.30. The molecule has 10 heteroatoms. The van der Waals surface area contributed by atoms with Gasteiger partial charge in [0.1, 0.15) is 0 Å². The summed E-state index contributed by atoms with van der Waals surface area (Å²) >= 11 is 11.8. The zero-order chi connectivity index (χ0) is 20.5. The van der Waals surface area contributed by atoms with Gasteiger partial charge in [-0.3, -0.25) is 4.79 Å². The van der Waals surface area contributed by atoms with Crippen molar-refractivity contribution in [2.75, 3.05) is 10.0 Å². The van der Waals surface area contributed by atoms with E-state index in [2.05, 4.69) is 15.2 Å². The summed E-state index contributed by atoms with van der Waals surface area (Å²) in [6, 6.07) is 10.2. The van der Waals surface area contributed by atoms with Crippen molar-refractivity contribution in [1.82, 2.24) is 5.16 Å². The van der Waals surface area contributed by atoms with Gasteiger partial charge in [-0.2, -0.15) is 0 Å². The summed E-state index contributed by atoms with van der Waals surface area (Å²) in [7, 11) is -3.86. The predicted molar refractivity (Wildman–Crippen MR) is 108 cm³/mol. The van der Waals surface area contributed by atoms with Gasteiger partial charge in [-0.05, 0) is 56.3 Å². The quantitative estimate of drug-likeness (QED) is 0.602. The minimum atomic E-state index is -3.86. The number of aromatic nitrogens is 1. The number of halogens is 2. The number of nitrogens with zero attached hydrogens (tertiary/aromatic N) is 1. The second kappa shape index (κ2) is 7.83. The number of aryl methyl sites for hydroxylation is 1. The van der Waals surface area contributed by atoms with Crippen molar-refractivity contribution >= 4 is 50.7 Å². The monoisotopic (exact) mass is 439 g/mol. The average molecular weight is 440 g/mol. The molecule has 0 aliphatic heterocycles. The maximum Gasteiger partial charge on any atom is 0.264 e. The summed E-state index contributed by atoms with van der Waals surface area (Å²) in [6.45, 7) is 3.41. The average Bonchev–Trinajstić information content (AvgIpc) is 2.93. The van der Waals surface area contributed by atoms with Gasteiger partial charge in [0.15, 0.2) is 0 Å². The molecule has 0 saturated heterocycles. The molecule has 1 heterocycles. The van der Waals surface area contributed by atoms with Gasteiger partial charge in [-0.1, -0.05) is 28.4 Å². The number of sulfonamides is 1. The van der Waals surface area contributed by atoms with Crippen LogP contribution in [0.3, 0.4) is 0 Å². The Morgan fingerprint density at radius 1 is 1.07 bits per heavy atom. The molecule has 0 saturated carbocycles. The van der Waals surface area contributed by atoms with Crippen LogP contribution in [0.5, 0.6) is 0 Å². The van der Waals surface area contributed by atoms with Crippen LogP contribution in [0.15, 0.2) is 51.9 Å². The minimum Gasteiger partial charge on any atom is -0.337 e. The van der Waals surface area contributed by atoms with Gasteiger partial charge < -0.3 is 9.84 Å². The first-order valence-electron chi connectivity index (χ1n) is 7.99. The molecule has 0 aliphatic carbocycles.